The number of rotatable bonds is 2. The van der Waals surface area contributed by atoms with Crippen LogP contribution in [0.15, 0.2) is 34.8 Å². The number of halogens is 1. The van der Waals surface area contributed by atoms with Crippen molar-refractivity contribution in [1.82, 2.24) is 14.8 Å². The minimum Gasteiger partial charge on any atom is -0.356 e. The first-order valence-electron chi connectivity index (χ1n) is 8.21. The summed E-state index contributed by atoms with van der Waals surface area (Å²) in [5.74, 6) is 1.01. The minimum atomic E-state index is 0.0714. The zero-order valence-electron chi connectivity index (χ0n) is 14.4. The number of hydrogen-bond donors (Lipinski definition) is 0. The number of nitrogens with zero attached hydrogens (tertiary/aromatic N) is 4. The normalized spacial score (nSPS) is 15.6. The highest BCUT2D eigenvalue weighted by Crippen LogP contribution is 2.25. The molecule has 1 aromatic carbocycles. The molecule has 0 saturated carbocycles. The van der Waals surface area contributed by atoms with E-state index in [4.69, 9.17) is 4.98 Å². The zero-order chi connectivity index (χ0) is 17.3. The SMILES string of the molecule is CN(C)C(=O)N(C)C1CCN(c2ccc3ccc(Br)cc3n2)CC1. The van der Waals surface area contributed by atoms with Crippen LogP contribution in [0.4, 0.5) is 10.6 Å². The Morgan fingerprint density at radius 3 is 2.50 bits per heavy atom. The highest BCUT2D eigenvalue weighted by Gasteiger charge is 2.26. The molecule has 1 aliphatic heterocycles. The average Bonchev–Trinajstić information content (AvgIpc) is 2.59. The maximum Gasteiger partial charge on any atom is 0.319 e. The van der Waals surface area contributed by atoms with Crippen molar-refractivity contribution in [3.05, 3.63) is 34.8 Å². The molecular weight excluding hydrogens is 368 g/mol. The molecule has 1 fully saturated rings. The summed E-state index contributed by atoms with van der Waals surface area (Å²) in [5, 5.41) is 1.15. The molecule has 1 aliphatic rings. The fraction of sp³-hybridized carbons (Fsp3) is 0.444. The second kappa shape index (κ2) is 6.97. The molecule has 1 aromatic heterocycles. The summed E-state index contributed by atoms with van der Waals surface area (Å²) in [6.45, 7) is 1.84. The van der Waals surface area contributed by atoms with Crippen LogP contribution in [-0.2, 0) is 0 Å². The van der Waals surface area contributed by atoms with E-state index >= 15 is 0 Å². The quantitative estimate of drug-likeness (QED) is 0.786. The van der Waals surface area contributed by atoms with Gasteiger partial charge < -0.3 is 14.7 Å². The highest BCUT2D eigenvalue weighted by molar-refractivity contribution is 9.10. The zero-order valence-corrected chi connectivity index (χ0v) is 16.0. The van der Waals surface area contributed by atoms with Crippen LogP contribution in [0.2, 0.25) is 0 Å². The summed E-state index contributed by atoms with van der Waals surface area (Å²) in [7, 11) is 5.49. The summed E-state index contributed by atoms with van der Waals surface area (Å²) in [6, 6.07) is 10.7. The Balaban J connectivity index is 1.69. The van der Waals surface area contributed by atoms with Crippen molar-refractivity contribution in [3.8, 4) is 0 Å². The Morgan fingerprint density at radius 2 is 1.83 bits per heavy atom. The number of benzene rings is 1. The van der Waals surface area contributed by atoms with Gasteiger partial charge in [0.05, 0.1) is 5.52 Å². The first-order chi connectivity index (χ1) is 11.5. The lowest BCUT2D eigenvalue weighted by Crippen LogP contribution is -2.48. The molecule has 3 rings (SSSR count). The lowest BCUT2D eigenvalue weighted by atomic mass is 10.0. The Morgan fingerprint density at radius 1 is 1.17 bits per heavy atom. The van der Waals surface area contributed by atoms with Crippen LogP contribution < -0.4 is 4.90 Å². The van der Waals surface area contributed by atoms with E-state index in [0.717, 1.165) is 47.1 Å². The van der Waals surface area contributed by atoms with Crippen molar-refractivity contribution in [2.24, 2.45) is 0 Å². The van der Waals surface area contributed by atoms with Gasteiger partial charge in [-0.05, 0) is 37.1 Å². The number of urea groups is 1. The third-order valence-electron chi connectivity index (χ3n) is 4.66. The van der Waals surface area contributed by atoms with Crippen LogP contribution >= 0.6 is 15.9 Å². The van der Waals surface area contributed by atoms with E-state index < -0.39 is 0 Å². The molecule has 0 N–H and O–H groups in total. The summed E-state index contributed by atoms with van der Waals surface area (Å²) in [4.78, 5) is 22.7. The van der Waals surface area contributed by atoms with Gasteiger partial charge in [0.1, 0.15) is 5.82 Å². The number of amides is 2. The van der Waals surface area contributed by atoms with Gasteiger partial charge in [0.15, 0.2) is 0 Å². The van der Waals surface area contributed by atoms with Crippen LogP contribution in [0.1, 0.15) is 12.8 Å². The van der Waals surface area contributed by atoms with E-state index in [1.807, 2.05) is 18.0 Å². The molecule has 24 heavy (non-hydrogen) atoms. The van der Waals surface area contributed by atoms with Crippen LogP contribution in [0.3, 0.4) is 0 Å². The summed E-state index contributed by atoms with van der Waals surface area (Å²) in [6.07, 6.45) is 1.93. The van der Waals surface area contributed by atoms with Gasteiger partial charge in [0, 0.05) is 50.1 Å². The van der Waals surface area contributed by atoms with Crippen LogP contribution in [0.25, 0.3) is 10.9 Å². The van der Waals surface area contributed by atoms with Crippen LogP contribution in [0.5, 0.6) is 0 Å². The number of fused-ring (bicyclic) bond motifs is 1. The number of carbonyl (C=O) groups is 1. The Labute approximate surface area is 151 Å². The van der Waals surface area contributed by atoms with Gasteiger partial charge in [-0.15, -0.1) is 0 Å². The second-order valence-electron chi connectivity index (χ2n) is 6.51. The number of pyridine rings is 1. The molecule has 5 nitrogen and oxygen atoms in total. The second-order valence-corrected chi connectivity index (χ2v) is 7.43. The van der Waals surface area contributed by atoms with Gasteiger partial charge in [-0.3, -0.25) is 0 Å². The summed E-state index contributed by atoms with van der Waals surface area (Å²) in [5.41, 5.74) is 1.00. The predicted octanol–water partition coefficient (Wildman–Crippen LogP) is 3.58. The third kappa shape index (κ3) is 3.48. The van der Waals surface area contributed by atoms with E-state index in [1.54, 1.807) is 19.0 Å². The first-order valence-corrected chi connectivity index (χ1v) is 9.00. The third-order valence-corrected chi connectivity index (χ3v) is 5.15. The standard InChI is InChI=1S/C18H23BrN4O/c1-21(2)18(24)22(3)15-8-10-23(11-9-15)17-7-5-13-4-6-14(19)12-16(13)20-17/h4-7,12,15H,8-11H2,1-3H3. The molecule has 0 spiro atoms. The van der Waals surface area contributed by atoms with Gasteiger partial charge >= 0.3 is 6.03 Å². The van der Waals surface area contributed by atoms with Gasteiger partial charge in [-0.2, -0.15) is 0 Å². The molecule has 1 saturated heterocycles. The average molecular weight is 391 g/mol. The van der Waals surface area contributed by atoms with Crippen molar-refractivity contribution in [2.45, 2.75) is 18.9 Å². The lowest BCUT2D eigenvalue weighted by Gasteiger charge is -2.38. The largest absolute Gasteiger partial charge is 0.356 e. The maximum absolute atomic E-state index is 12.1. The molecule has 128 valence electrons. The van der Waals surface area contributed by atoms with Crippen molar-refractivity contribution < 1.29 is 4.79 Å². The van der Waals surface area contributed by atoms with Crippen molar-refractivity contribution in [3.63, 3.8) is 0 Å². The minimum absolute atomic E-state index is 0.0714. The monoisotopic (exact) mass is 390 g/mol. The molecule has 2 aromatic rings. The van der Waals surface area contributed by atoms with Crippen LogP contribution in [0, 0.1) is 0 Å². The first kappa shape index (κ1) is 17.0. The van der Waals surface area contributed by atoms with E-state index in [0.29, 0.717) is 6.04 Å². The fourth-order valence-electron chi connectivity index (χ4n) is 3.21. The van der Waals surface area contributed by atoms with Crippen molar-refractivity contribution >= 4 is 38.7 Å². The predicted molar refractivity (Wildman–Crippen MR) is 102 cm³/mol. The van der Waals surface area contributed by atoms with Crippen molar-refractivity contribution in [1.29, 1.82) is 0 Å². The Kier molecular flexibility index (Phi) is 4.94. The molecule has 0 unspecified atom stereocenters. The lowest BCUT2D eigenvalue weighted by molar-refractivity contribution is 0.155. The van der Waals surface area contributed by atoms with E-state index in [2.05, 4.69) is 45.1 Å². The highest BCUT2D eigenvalue weighted by atomic mass is 79.9. The number of hydrogen-bond acceptors (Lipinski definition) is 3. The maximum atomic E-state index is 12.1. The van der Waals surface area contributed by atoms with E-state index in [1.165, 1.54) is 0 Å². The molecular formula is C18H23BrN4O. The topological polar surface area (TPSA) is 39.7 Å². The van der Waals surface area contributed by atoms with Gasteiger partial charge in [0.25, 0.3) is 0 Å². The van der Waals surface area contributed by atoms with E-state index in [9.17, 15) is 4.79 Å². The summed E-state index contributed by atoms with van der Waals surface area (Å²) < 4.78 is 1.04. The summed E-state index contributed by atoms with van der Waals surface area (Å²) >= 11 is 3.51. The van der Waals surface area contributed by atoms with Crippen LogP contribution in [-0.4, -0.2) is 61.1 Å². The number of anilines is 1. The Bertz CT molecular complexity index is 741. The van der Waals surface area contributed by atoms with Gasteiger partial charge in [-0.1, -0.05) is 22.0 Å². The molecule has 0 aliphatic carbocycles. The fourth-order valence-corrected chi connectivity index (χ4v) is 3.56. The van der Waals surface area contributed by atoms with Crippen molar-refractivity contribution in [2.75, 3.05) is 39.1 Å². The van der Waals surface area contributed by atoms with Gasteiger partial charge in [0.2, 0.25) is 0 Å². The molecule has 2 heterocycles. The molecule has 0 atom stereocenters. The number of piperidine rings is 1. The van der Waals surface area contributed by atoms with E-state index in [-0.39, 0.29) is 6.03 Å². The van der Waals surface area contributed by atoms with Gasteiger partial charge in [-0.25, -0.2) is 9.78 Å². The Hall–Kier alpha value is -1.82. The number of aromatic nitrogens is 1. The molecule has 2 amide bonds. The number of carbonyl (C=O) groups excluding carboxylic acids is 1. The molecule has 6 heteroatoms. The smallest absolute Gasteiger partial charge is 0.319 e. The molecule has 0 bridgehead atoms. The molecule has 0 radical (unpaired) electrons.